The Bertz CT molecular complexity index is 823. The fraction of sp³-hybridized carbons (Fsp3) is 0.300. The van der Waals surface area contributed by atoms with Gasteiger partial charge in [0.2, 0.25) is 5.88 Å². The average molecular weight is 338 g/mol. The third-order valence-electron chi connectivity index (χ3n) is 3.87. The zero-order valence-corrected chi connectivity index (χ0v) is 14.9. The van der Waals surface area contributed by atoms with Gasteiger partial charge < -0.3 is 14.8 Å². The van der Waals surface area contributed by atoms with Gasteiger partial charge in [0.1, 0.15) is 5.75 Å². The van der Waals surface area contributed by atoms with Gasteiger partial charge in [-0.05, 0) is 63.6 Å². The Morgan fingerprint density at radius 3 is 2.56 bits per heavy atom. The number of ether oxygens (including phenoxy) is 2. The summed E-state index contributed by atoms with van der Waals surface area (Å²) < 4.78 is 10.8. The van der Waals surface area contributed by atoms with Crippen molar-refractivity contribution < 1.29 is 14.3 Å². The Hall–Kier alpha value is -2.82. The van der Waals surface area contributed by atoms with E-state index in [0.29, 0.717) is 23.8 Å². The topological polar surface area (TPSA) is 60.5 Å². The molecule has 0 amide bonds. The Balaban J connectivity index is 1.78. The third kappa shape index (κ3) is 3.82. The summed E-state index contributed by atoms with van der Waals surface area (Å²) in [5.74, 6) is 0.790. The molecular formula is C20H22N2O3. The maximum Gasteiger partial charge on any atom is 0.338 e. The first kappa shape index (κ1) is 17.0. The molecule has 1 aliphatic rings. The van der Waals surface area contributed by atoms with E-state index < -0.39 is 0 Å². The van der Waals surface area contributed by atoms with Crippen LogP contribution in [-0.4, -0.2) is 23.1 Å². The van der Waals surface area contributed by atoms with Crippen molar-refractivity contribution in [3.05, 3.63) is 53.7 Å². The van der Waals surface area contributed by atoms with Crippen LogP contribution in [-0.2, 0) is 4.74 Å². The van der Waals surface area contributed by atoms with Gasteiger partial charge in [0.05, 0.1) is 29.1 Å². The molecule has 1 aromatic heterocycles. The highest BCUT2D eigenvalue weighted by Gasteiger charge is 2.23. The molecule has 0 saturated carbocycles. The summed E-state index contributed by atoms with van der Waals surface area (Å²) in [4.78, 5) is 16.3. The Labute approximate surface area is 147 Å². The van der Waals surface area contributed by atoms with Crippen LogP contribution in [0.5, 0.6) is 11.6 Å². The number of rotatable bonds is 4. The van der Waals surface area contributed by atoms with Crippen molar-refractivity contribution in [3.8, 4) is 11.6 Å². The van der Waals surface area contributed by atoms with E-state index in [1.165, 1.54) is 0 Å². The Morgan fingerprint density at radius 2 is 1.88 bits per heavy atom. The number of fused-ring (bicyclic) bond motifs is 1. The predicted molar refractivity (Wildman–Crippen MR) is 98.1 cm³/mol. The Morgan fingerprint density at radius 1 is 1.16 bits per heavy atom. The van der Waals surface area contributed by atoms with Crippen molar-refractivity contribution in [2.24, 2.45) is 0 Å². The summed E-state index contributed by atoms with van der Waals surface area (Å²) >= 11 is 0. The van der Waals surface area contributed by atoms with Crippen molar-refractivity contribution in [2.45, 2.75) is 33.2 Å². The van der Waals surface area contributed by atoms with Gasteiger partial charge in [-0.2, -0.15) is 0 Å². The molecule has 0 aliphatic carbocycles. The van der Waals surface area contributed by atoms with Gasteiger partial charge in [0, 0.05) is 6.07 Å². The van der Waals surface area contributed by atoms with Crippen molar-refractivity contribution in [1.82, 2.24) is 4.98 Å². The monoisotopic (exact) mass is 338 g/mol. The van der Waals surface area contributed by atoms with E-state index in [-0.39, 0.29) is 11.5 Å². The van der Waals surface area contributed by atoms with E-state index in [0.717, 1.165) is 17.0 Å². The molecule has 0 bridgehead atoms. The molecule has 0 atom stereocenters. The number of pyridine rings is 1. The van der Waals surface area contributed by atoms with Crippen LogP contribution in [0.3, 0.4) is 0 Å². The summed E-state index contributed by atoms with van der Waals surface area (Å²) in [6.45, 7) is 8.42. The van der Waals surface area contributed by atoms with E-state index in [2.05, 4.69) is 30.2 Å². The number of esters is 1. The minimum atomic E-state index is -0.338. The molecular weight excluding hydrogens is 316 g/mol. The van der Waals surface area contributed by atoms with Gasteiger partial charge in [-0.15, -0.1) is 0 Å². The molecule has 1 N–H and O–H groups in total. The third-order valence-corrected chi connectivity index (χ3v) is 3.87. The minimum absolute atomic E-state index is 0.0932. The van der Waals surface area contributed by atoms with Crippen molar-refractivity contribution in [2.75, 3.05) is 11.9 Å². The fourth-order valence-corrected chi connectivity index (χ4v) is 2.89. The molecule has 0 fully saturated rings. The van der Waals surface area contributed by atoms with E-state index in [1.807, 2.05) is 19.1 Å². The van der Waals surface area contributed by atoms with Gasteiger partial charge in [0.15, 0.2) is 0 Å². The fourth-order valence-electron chi connectivity index (χ4n) is 2.89. The molecule has 1 aromatic carbocycles. The number of allylic oxidation sites excluding steroid dienone is 1. The lowest BCUT2D eigenvalue weighted by Crippen LogP contribution is -2.31. The molecule has 2 aromatic rings. The molecule has 2 heterocycles. The number of carbonyl (C=O) groups excluding carboxylic acids is 1. The van der Waals surface area contributed by atoms with Crippen LogP contribution in [0.1, 0.15) is 43.7 Å². The predicted octanol–water partition coefficient (Wildman–Crippen LogP) is 4.66. The SMILES string of the molecule is CCOC(=O)c1ccc(Oc2ccc3c(n2)C(C)=CC(C)(C)N3)cc1. The van der Waals surface area contributed by atoms with Crippen LogP contribution in [0, 0.1) is 0 Å². The van der Waals surface area contributed by atoms with E-state index >= 15 is 0 Å². The van der Waals surface area contributed by atoms with Crippen LogP contribution in [0.2, 0.25) is 0 Å². The molecule has 1 aliphatic heterocycles. The number of aromatic nitrogens is 1. The molecule has 5 heteroatoms. The van der Waals surface area contributed by atoms with Gasteiger partial charge in [-0.3, -0.25) is 0 Å². The normalized spacial score (nSPS) is 14.8. The zero-order valence-electron chi connectivity index (χ0n) is 14.9. The lowest BCUT2D eigenvalue weighted by Gasteiger charge is -2.30. The van der Waals surface area contributed by atoms with Gasteiger partial charge in [-0.25, -0.2) is 9.78 Å². The second-order valence-corrected chi connectivity index (χ2v) is 6.57. The molecule has 0 radical (unpaired) electrons. The second-order valence-electron chi connectivity index (χ2n) is 6.57. The van der Waals surface area contributed by atoms with Crippen molar-refractivity contribution >= 4 is 17.2 Å². The standard InChI is InChI=1S/C20H22N2O3/c1-5-24-19(23)14-6-8-15(9-7-14)25-17-11-10-16-18(21-17)13(2)12-20(3,4)22-16/h6-12,22H,5H2,1-4H3. The molecule has 130 valence electrons. The van der Waals surface area contributed by atoms with Gasteiger partial charge in [0.25, 0.3) is 0 Å². The molecule has 0 saturated heterocycles. The number of hydrogen-bond acceptors (Lipinski definition) is 5. The highest BCUT2D eigenvalue weighted by atomic mass is 16.5. The molecule has 5 nitrogen and oxygen atoms in total. The highest BCUT2D eigenvalue weighted by Crippen LogP contribution is 2.34. The van der Waals surface area contributed by atoms with Gasteiger partial charge >= 0.3 is 5.97 Å². The number of hydrogen-bond donors (Lipinski definition) is 1. The number of benzene rings is 1. The van der Waals surface area contributed by atoms with Crippen LogP contribution in [0.15, 0.2) is 42.5 Å². The maximum atomic E-state index is 11.7. The maximum absolute atomic E-state index is 11.7. The largest absolute Gasteiger partial charge is 0.462 e. The molecule has 3 rings (SSSR count). The van der Waals surface area contributed by atoms with Crippen molar-refractivity contribution in [3.63, 3.8) is 0 Å². The second kappa shape index (κ2) is 6.59. The summed E-state index contributed by atoms with van der Waals surface area (Å²) in [5, 5.41) is 3.44. The molecule has 0 unspecified atom stereocenters. The first-order valence-corrected chi connectivity index (χ1v) is 8.32. The summed E-state index contributed by atoms with van der Waals surface area (Å²) in [5.41, 5.74) is 3.40. The van der Waals surface area contributed by atoms with Crippen LogP contribution in [0.4, 0.5) is 5.69 Å². The van der Waals surface area contributed by atoms with Crippen molar-refractivity contribution in [1.29, 1.82) is 0 Å². The number of nitrogens with zero attached hydrogens (tertiary/aromatic N) is 1. The van der Waals surface area contributed by atoms with E-state index in [9.17, 15) is 4.79 Å². The summed E-state index contributed by atoms with van der Waals surface area (Å²) in [6, 6.07) is 10.6. The summed E-state index contributed by atoms with van der Waals surface area (Å²) in [7, 11) is 0. The number of carbonyl (C=O) groups is 1. The quantitative estimate of drug-likeness (QED) is 0.822. The van der Waals surface area contributed by atoms with E-state index in [1.54, 1.807) is 31.2 Å². The highest BCUT2D eigenvalue weighted by molar-refractivity contribution is 5.89. The lowest BCUT2D eigenvalue weighted by atomic mass is 9.94. The number of nitrogens with one attached hydrogen (secondary N) is 1. The summed E-state index contributed by atoms with van der Waals surface area (Å²) in [6.07, 6.45) is 2.15. The Kier molecular flexibility index (Phi) is 4.49. The van der Waals surface area contributed by atoms with Crippen LogP contribution < -0.4 is 10.1 Å². The lowest BCUT2D eigenvalue weighted by molar-refractivity contribution is 0.0526. The van der Waals surface area contributed by atoms with Crippen LogP contribution >= 0.6 is 0 Å². The van der Waals surface area contributed by atoms with Gasteiger partial charge in [-0.1, -0.05) is 6.08 Å². The first-order chi connectivity index (χ1) is 11.9. The van der Waals surface area contributed by atoms with E-state index in [4.69, 9.17) is 9.47 Å². The number of anilines is 1. The first-order valence-electron chi connectivity index (χ1n) is 8.32. The molecule has 0 spiro atoms. The van der Waals surface area contributed by atoms with Crippen LogP contribution in [0.25, 0.3) is 5.57 Å². The zero-order chi connectivity index (χ0) is 18.0. The minimum Gasteiger partial charge on any atom is -0.462 e. The average Bonchev–Trinajstić information content (AvgIpc) is 2.55. The molecule has 25 heavy (non-hydrogen) atoms. The smallest absolute Gasteiger partial charge is 0.338 e.